The van der Waals surface area contributed by atoms with Gasteiger partial charge in [0.25, 0.3) is 0 Å². The molecular formula is C18H30O. The highest BCUT2D eigenvalue weighted by molar-refractivity contribution is 5.75. The second kappa shape index (κ2) is 10.8. The maximum Gasteiger partial charge on any atom is 0.130 e. The Morgan fingerprint density at radius 1 is 0.842 bits per heavy atom. The molecule has 0 atom stereocenters. The van der Waals surface area contributed by atoms with Gasteiger partial charge in [0, 0.05) is 6.42 Å². The van der Waals surface area contributed by atoms with Crippen LogP contribution in [0.4, 0.5) is 0 Å². The molecule has 0 aromatic rings. The Hall–Kier alpha value is -1.11. The first-order valence-corrected chi connectivity index (χ1v) is 7.37. The van der Waals surface area contributed by atoms with Crippen molar-refractivity contribution in [3.05, 3.63) is 35.5 Å². The molecule has 0 aliphatic heterocycles. The molecule has 0 aliphatic carbocycles. The van der Waals surface area contributed by atoms with E-state index in [4.69, 9.17) is 0 Å². The maximum atomic E-state index is 10.8. The first kappa shape index (κ1) is 17.9. The van der Waals surface area contributed by atoms with E-state index >= 15 is 0 Å². The Bertz CT molecular complexity index is 345. The summed E-state index contributed by atoms with van der Waals surface area (Å²) >= 11 is 0. The molecule has 0 bridgehead atoms. The molecule has 0 saturated carbocycles. The lowest BCUT2D eigenvalue weighted by Crippen LogP contribution is -1.87. The van der Waals surface area contributed by atoms with Crippen molar-refractivity contribution in [2.24, 2.45) is 0 Å². The summed E-state index contributed by atoms with van der Waals surface area (Å²) in [7, 11) is 0. The van der Waals surface area contributed by atoms with Gasteiger partial charge in [-0.25, -0.2) is 0 Å². The van der Waals surface area contributed by atoms with Gasteiger partial charge in [-0.2, -0.15) is 0 Å². The average Bonchev–Trinajstić information content (AvgIpc) is 2.27. The largest absolute Gasteiger partial charge is 0.300 e. The highest BCUT2D eigenvalue weighted by Gasteiger charge is 1.94. The van der Waals surface area contributed by atoms with Gasteiger partial charge >= 0.3 is 0 Å². The van der Waals surface area contributed by atoms with E-state index in [-0.39, 0.29) is 5.78 Å². The second-order valence-corrected chi connectivity index (χ2v) is 5.69. The van der Waals surface area contributed by atoms with Crippen molar-refractivity contribution >= 4 is 5.78 Å². The van der Waals surface area contributed by atoms with Gasteiger partial charge in [-0.3, -0.25) is 0 Å². The van der Waals surface area contributed by atoms with Crippen LogP contribution < -0.4 is 0 Å². The van der Waals surface area contributed by atoms with Gasteiger partial charge in [0.15, 0.2) is 0 Å². The molecule has 108 valence electrons. The zero-order valence-electron chi connectivity index (χ0n) is 13.2. The number of carbonyl (C=O) groups is 1. The Labute approximate surface area is 119 Å². The van der Waals surface area contributed by atoms with Crippen molar-refractivity contribution < 1.29 is 4.79 Å². The second-order valence-electron chi connectivity index (χ2n) is 5.69. The number of carbonyl (C=O) groups excluding carboxylic acids is 1. The summed E-state index contributed by atoms with van der Waals surface area (Å²) in [5.74, 6) is 0.275. The molecule has 0 spiro atoms. The van der Waals surface area contributed by atoms with Crippen molar-refractivity contribution in [1.82, 2.24) is 0 Å². The molecule has 0 heterocycles. The lowest BCUT2D eigenvalue weighted by atomic mass is 10.0. The fourth-order valence-corrected chi connectivity index (χ4v) is 1.94. The molecule has 0 N–H and O–H groups in total. The predicted molar refractivity (Wildman–Crippen MR) is 85.3 cm³/mol. The minimum Gasteiger partial charge on any atom is -0.300 e. The normalized spacial score (nSPS) is 12.6. The number of hydrogen-bond donors (Lipinski definition) is 0. The van der Waals surface area contributed by atoms with Crippen LogP contribution in [0.25, 0.3) is 0 Å². The summed E-state index contributed by atoms with van der Waals surface area (Å²) < 4.78 is 0. The van der Waals surface area contributed by atoms with Crippen molar-refractivity contribution in [3.8, 4) is 0 Å². The molecule has 0 radical (unpaired) electrons. The first-order chi connectivity index (χ1) is 8.91. The Kier molecular flexibility index (Phi) is 10.1. The molecule has 0 aromatic carbocycles. The topological polar surface area (TPSA) is 17.1 Å². The fraction of sp³-hybridized carbons (Fsp3) is 0.611. The molecule has 0 fully saturated rings. The van der Waals surface area contributed by atoms with Crippen LogP contribution in [0.1, 0.15) is 72.6 Å². The molecular weight excluding hydrogens is 232 g/mol. The number of ketones is 1. The molecule has 0 amide bonds. The average molecular weight is 262 g/mol. The predicted octanol–water partition coefficient (Wildman–Crippen LogP) is 5.77. The molecule has 0 rings (SSSR count). The summed E-state index contributed by atoms with van der Waals surface area (Å²) in [5, 5.41) is 0. The third-order valence-corrected chi connectivity index (χ3v) is 3.20. The Balaban J connectivity index is 3.80. The van der Waals surface area contributed by atoms with E-state index in [1.165, 1.54) is 29.6 Å². The number of hydrogen-bond acceptors (Lipinski definition) is 1. The molecule has 0 aromatic heterocycles. The Morgan fingerprint density at radius 3 is 1.89 bits per heavy atom. The molecule has 19 heavy (non-hydrogen) atoms. The van der Waals surface area contributed by atoms with Crippen molar-refractivity contribution in [1.29, 1.82) is 0 Å². The van der Waals surface area contributed by atoms with Gasteiger partial charge in [0.1, 0.15) is 5.78 Å². The van der Waals surface area contributed by atoms with E-state index in [2.05, 4.69) is 39.5 Å². The highest BCUT2D eigenvalue weighted by atomic mass is 16.1. The zero-order valence-corrected chi connectivity index (χ0v) is 13.2. The number of rotatable bonds is 10. The molecule has 0 unspecified atom stereocenters. The van der Waals surface area contributed by atoms with E-state index in [0.717, 1.165) is 25.7 Å². The molecule has 1 heteroatoms. The van der Waals surface area contributed by atoms with E-state index in [0.29, 0.717) is 6.42 Å². The van der Waals surface area contributed by atoms with Gasteiger partial charge in [-0.1, -0.05) is 28.9 Å². The van der Waals surface area contributed by atoms with E-state index in [1.54, 1.807) is 6.92 Å². The van der Waals surface area contributed by atoms with Gasteiger partial charge < -0.3 is 4.79 Å². The van der Waals surface area contributed by atoms with Gasteiger partial charge in [0.05, 0.1) is 0 Å². The van der Waals surface area contributed by atoms with E-state index < -0.39 is 0 Å². The van der Waals surface area contributed by atoms with Crippen molar-refractivity contribution in [2.75, 3.05) is 0 Å². The van der Waals surface area contributed by atoms with Crippen LogP contribution in [0.3, 0.4) is 0 Å². The SMILES string of the molecule is C=C(C)CCC/C(C)=C\CC/C(C)=C\CCC(C)=O. The van der Waals surface area contributed by atoms with Crippen LogP contribution in [0.15, 0.2) is 35.5 Å². The molecule has 0 saturated heterocycles. The van der Waals surface area contributed by atoms with Crippen LogP contribution in [0.5, 0.6) is 0 Å². The Morgan fingerprint density at radius 2 is 1.37 bits per heavy atom. The van der Waals surface area contributed by atoms with Gasteiger partial charge in [-0.15, -0.1) is 6.58 Å². The third-order valence-electron chi connectivity index (χ3n) is 3.20. The monoisotopic (exact) mass is 262 g/mol. The quantitative estimate of drug-likeness (QED) is 0.456. The summed E-state index contributed by atoms with van der Waals surface area (Å²) in [4.78, 5) is 10.8. The molecule has 1 nitrogen and oxygen atoms in total. The summed E-state index contributed by atoms with van der Waals surface area (Å²) in [6, 6.07) is 0. The van der Waals surface area contributed by atoms with Crippen LogP contribution in [0, 0.1) is 0 Å². The zero-order chi connectivity index (χ0) is 14.7. The number of allylic oxidation sites excluding steroid dienone is 5. The van der Waals surface area contributed by atoms with Gasteiger partial charge in [-0.05, 0) is 66.2 Å². The first-order valence-electron chi connectivity index (χ1n) is 7.37. The van der Waals surface area contributed by atoms with Crippen LogP contribution in [-0.2, 0) is 4.79 Å². The summed E-state index contributed by atoms with van der Waals surface area (Å²) in [5.41, 5.74) is 4.15. The van der Waals surface area contributed by atoms with Gasteiger partial charge in [0.2, 0.25) is 0 Å². The third kappa shape index (κ3) is 13.1. The van der Waals surface area contributed by atoms with Crippen LogP contribution in [0.2, 0.25) is 0 Å². The van der Waals surface area contributed by atoms with E-state index in [1.807, 2.05) is 0 Å². The number of Topliss-reactive ketones (excluding diaryl/α,β-unsaturated/α-hetero) is 1. The fourth-order valence-electron chi connectivity index (χ4n) is 1.94. The van der Waals surface area contributed by atoms with E-state index in [9.17, 15) is 4.79 Å². The summed E-state index contributed by atoms with van der Waals surface area (Å²) in [6.07, 6.45) is 11.9. The standard InChI is InChI=1S/C18H30O/c1-15(2)9-6-10-16(3)11-7-12-17(4)13-8-14-18(5)19/h11,13H,1,6-10,12,14H2,2-5H3/b16-11-,17-13-. The lowest BCUT2D eigenvalue weighted by Gasteiger charge is -2.03. The summed E-state index contributed by atoms with van der Waals surface area (Å²) in [6.45, 7) is 12.0. The molecule has 0 aliphatic rings. The van der Waals surface area contributed by atoms with Crippen molar-refractivity contribution in [2.45, 2.75) is 72.6 Å². The minimum absolute atomic E-state index is 0.275. The highest BCUT2D eigenvalue weighted by Crippen LogP contribution is 2.13. The lowest BCUT2D eigenvalue weighted by molar-refractivity contribution is -0.116. The van der Waals surface area contributed by atoms with Crippen LogP contribution >= 0.6 is 0 Å². The maximum absolute atomic E-state index is 10.8. The van der Waals surface area contributed by atoms with Crippen LogP contribution in [-0.4, -0.2) is 5.78 Å². The minimum atomic E-state index is 0.275. The van der Waals surface area contributed by atoms with Crippen molar-refractivity contribution in [3.63, 3.8) is 0 Å². The smallest absolute Gasteiger partial charge is 0.130 e.